The zero-order chi connectivity index (χ0) is 12.7. The minimum Gasteiger partial charge on any atom is -0.397 e. The number of hydrogen-bond donors (Lipinski definition) is 2. The van der Waals surface area contributed by atoms with Gasteiger partial charge in [-0.2, -0.15) is 0 Å². The summed E-state index contributed by atoms with van der Waals surface area (Å²) in [5.74, 6) is 0.685. The van der Waals surface area contributed by atoms with Crippen LogP contribution in [0.25, 0.3) is 22.4 Å². The van der Waals surface area contributed by atoms with Crippen molar-refractivity contribution < 1.29 is 0 Å². The summed E-state index contributed by atoms with van der Waals surface area (Å²) in [6.45, 7) is 0. The third-order valence-corrected chi connectivity index (χ3v) is 3.28. The normalized spacial score (nSPS) is 11.0. The van der Waals surface area contributed by atoms with Gasteiger partial charge >= 0.3 is 0 Å². The average molecular weight is 278 g/mol. The Bertz CT molecular complexity index is 734. The lowest BCUT2D eigenvalue weighted by Gasteiger charge is -2.00. The van der Waals surface area contributed by atoms with E-state index in [0.717, 1.165) is 16.6 Å². The molecule has 0 unspecified atom stereocenters. The van der Waals surface area contributed by atoms with Crippen molar-refractivity contribution in [2.75, 3.05) is 5.73 Å². The molecular formula is C13H9Cl2N3. The highest BCUT2D eigenvalue weighted by molar-refractivity contribution is 6.36. The molecule has 3 N–H and O–H groups in total. The predicted octanol–water partition coefficient (Wildman–Crippen LogP) is 4.12. The Hall–Kier alpha value is -1.71. The number of H-pyrrole nitrogens is 1. The van der Waals surface area contributed by atoms with Crippen LogP contribution in [0, 0.1) is 0 Å². The topological polar surface area (TPSA) is 54.7 Å². The highest BCUT2D eigenvalue weighted by Gasteiger charge is 2.10. The van der Waals surface area contributed by atoms with E-state index in [4.69, 9.17) is 28.9 Å². The maximum atomic E-state index is 6.16. The molecule has 0 atom stereocenters. The Morgan fingerprint density at radius 2 is 1.94 bits per heavy atom. The van der Waals surface area contributed by atoms with Gasteiger partial charge in [0, 0.05) is 10.6 Å². The van der Waals surface area contributed by atoms with Crippen LogP contribution < -0.4 is 5.73 Å². The molecule has 3 aromatic rings. The van der Waals surface area contributed by atoms with Gasteiger partial charge in [-0.3, -0.25) is 0 Å². The summed E-state index contributed by atoms with van der Waals surface area (Å²) in [5.41, 5.74) is 8.95. The van der Waals surface area contributed by atoms with E-state index in [1.807, 2.05) is 24.3 Å². The van der Waals surface area contributed by atoms with Gasteiger partial charge in [-0.15, -0.1) is 0 Å². The van der Waals surface area contributed by atoms with Crippen LogP contribution >= 0.6 is 23.2 Å². The first kappa shape index (κ1) is 11.4. The maximum absolute atomic E-state index is 6.16. The van der Waals surface area contributed by atoms with Crippen molar-refractivity contribution in [1.29, 1.82) is 0 Å². The Morgan fingerprint density at radius 3 is 2.67 bits per heavy atom. The van der Waals surface area contributed by atoms with E-state index in [0.29, 0.717) is 21.6 Å². The fourth-order valence-electron chi connectivity index (χ4n) is 1.86. The summed E-state index contributed by atoms with van der Waals surface area (Å²) in [4.78, 5) is 7.66. The molecule has 5 heteroatoms. The van der Waals surface area contributed by atoms with Crippen molar-refractivity contribution in [3.05, 3.63) is 46.4 Å². The first-order valence-electron chi connectivity index (χ1n) is 5.35. The molecule has 0 saturated heterocycles. The van der Waals surface area contributed by atoms with Gasteiger partial charge in [0.1, 0.15) is 11.3 Å². The van der Waals surface area contributed by atoms with Crippen LogP contribution in [-0.4, -0.2) is 9.97 Å². The number of imidazole rings is 1. The van der Waals surface area contributed by atoms with Crippen molar-refractivity contribution in [2.45, 2.75) is 0 Å². The number of nitrogens with zero attached hydrogens (tertiary/aromatic N) is 1. The molecule has 0 spiro atoms. The number of nitrogen functional groups attached to an aromatic ring is 1. The summed E-state index contributed by atoms with van der Waals surface area (Å²) in [6, 6.07) is 10.9. The number of rotatable bonds is 1. The van der Waals surface area contributed by atoms with E-state index in [2.05, 4.69) is 9.97 Å². The molecule has 3 rings (SSSR count). The fraction of sp³-hybridized carbons (Fsp3) is 0. The Balaban J connectivity index is 2.23. The molecule has 0 aliphatic carbocycles. The zero-order valence-electron chi connectivity index (χ0n) is 9.24. The van der Waals surface area contributed by atoms with E-state index in [9.17, 15) is 0 Å². The monoisotopic (exact) mass is 277 g/mol. The lowest BCUT2D eigenvalue weighted by atomic mass is 10.2. The predicted molar refractivity (Wildman–Crippen MR) is 76.0 cm³/mol. The fourth-order valence-corrected chi connectivity index (χ4v) is 2.36. The molecule has 2 aromatic carbocycles. The number of anilines is 1. The highest BCUT2D eigenvalue weighted by atomic mass is 35.5. The molecule has 90 valence electrons. The van der Waals surface area contributed by atoms with Crippen molar-refractivity contribution in [3.63, 3.8) is 0 Å². The molecule has 0 amide bonds. The SMILES string of the molecule is Nc1cccc2[nH]c(-c3ccc(Cl)cc3Cl)nc12. The standard InChI is InChI=1S/C13H9Cl2N3/c14-7-4-5-8(9(15)6-7)13-17-11-3-1-2-10(16)12(11)18-13/h1-6H,16H2,(H,17,18). The molecule has 3 nitrogen and oxygen atoms in total. The largest absolute Gasteiger partial charge is 0.397 e. The van der Waals surface area contributed by atoms with E-state index in [1.54, 1.807) is 12.1 Å². The number of nitrogens with one attached hydrogen (secondary N) is 1. The molecule has 1 heterocycles. The van der Waals surface area contributed by atoms with Gasteiger partial charge in [-0.1, -0.05) is 29.3 Å². The number of nitrogens with two attached hydrogens (primary N) is 1. The lowest BCUT2D eigenvalue weighted by Crippen LogP contribution is -1.85. The van der Waals surface area contributed by atoms with Crippen LogP contribution in [0.15, 0.2) is 36.4 Å². The number of benzene rings is 2. The molecule has 0 saturated carbocycles. The number of para-hydroxylation sites is 1. The van der Waals surface area contributed by atoms with Crippen LogP contribution in [0.5, 0.6) is 0 Å². The second kappa shape index (κ2) is 4.19. The summed E-state index contributed by atoms with van der Waals surface area (Å²) >= 11 is 12.0. The molecule has 0 aliphatic rings. The van der Waals surface area contributed by atoms with Crippen LogP contribution in [0.4, 0.5) is 5.69 Å². The van der Waals surface area contributed by atoms with Gasteiger partial charge in [0.25, 0.3) is 0 Å². The van der Waals surface area contributed by atoms with Gasteiger partial charge in [-0.25, -0.2) is 4.98 Å². The molecular weight excluding hydrogens is 269 g/mol. The summed E-state index contributed by atoms with van der Waals surface area (Å²) < 4.78 is 0. The molecule has 0 radical (unpaired) electrons. The Morgan fingerprint density at radius 1 is 1.11 bits per heavy atom. The number of fused-ring (bicyclic) bond motifs is 1. The number of aromatic amines is 1. The Labute approximate surface area is 114 Å². The second-order valence-electron chi connectivity index (χ2n) is 3.95. The van der Waals surface area contributed by atoms with Crippen LogP contribution in [0.2, 0.25) is 10.0 Å². The minimum atomic E-state index is 0.556. The van der Waals surface area contributed by atoms with Crippen LogP contribution in [0.3, 0.4) is 0 Å². The lowest BCUT2D eigenvalue weighted by molar-refractivity contribution is 1.34. The van der Waals surface area contributed by atoms with E-state index < -0.39 is 0 Å². The smallest absolute Gasteiger partial charge is 0.140 e. The quantitative estimate of drug-likeness (QED) is 0.658. The molecule has 0 bridgehead atoms. The molecule has 18 heavy (non-hydrogen) atoms. The third-order valence-electron chi connectivity index (χ3n) is 2.73. The van der Waals surface area contributed by atoms with Gasteiger partial charge in [0.05, 0.1) is 16.2 Å². The van der Waals surface area contributed by atoms with Gasteiger partial charge in [0.15, 0.2) is 0 Å². The molecule has 0 aliphatic heterocycles. The highest BCUT2D eigenvalue weighted by Crippen LogP contribution is 2.30. The number of aromatic nitrogens is 2. The van der Waals surface area contributed by atoms with Gasteiger partial charge < -0.3 is 10.7 Å². The zero-order valence-corrected chi connectivity index (χ0v) is 10.8. The number of hydrogen-bond acceptors (Lipinski definition) is 2. The Kier molecular flexibility index (Phi) is 2.65. The van der Waals surface area contributed by atoms with E-state index in [-0.39, 0.29) is 0 Å². The summed E-state index contributed by atoms with van der Waals surface area (Å²) in [5, 5.41) is 1.15. The maximum Gasteiger partial charge on any atom is 0.140 e. The average Bonchev–Trinajstić information content (AvgIpc) is 2.74. The van der Waals surface area contributed by atoms with Gasteiger partial charge in [-0.05, 0) is 30.3 Å². The van der Waals surface area contributed by atoms with E-state index >= 15 is 0 Å². The van der Waals surface area contributed by atoms with Crippen molar-refractivity contribution in [1.82, 2.24) is 9.97 Å². The van der Waals surface area contributed by atoms with Crippen LogP contribution in [-0.2, 0) is 0 Å². The van der Waals surface area contributed by atoms with Crippen molar-refractivity contribution in [2.24, 2.45) is 0 Å². The molecule has 1 aromatic heterocycles. The summed E-state index contributed by atoms with van der Waals surface area (Å²) in [7, 11) is 0. The van der Waals surface area contributed by atoms with Crippen molar-refractivity contribution in [3.8, 4) is 11.4 Å². The van der Waals surface area contributed by atoms with E-state index in [1.165, 1.54) is 0 Å². The third kappa shape index (κ3) is 1.82. The summed E-state index contributed by atoms with van der Waals surface area (Å²) in [6.07, 6.45) is 0. The van der Waals surface area contributed by atoms with Gasteiger partial charge in [0.2, 0.25) is 0 Å². The second-order valence-corrected chi connectivity index (χ2v) is 4.80. The van der Waals surface area contributed by atoms with Crippen LogP contribution in [0.1, 0.15) is 0 Å². The van der Waals surface area contributed by atoms with Crippen molar-refractivity contribution >= 4 is 39.9 Å². The first-order chi connectivity index (χ1) is 8.65. The minimum absolute atomic E-state index is 0.556. The number of halogens is 2. The molecule has 0 fully saturated rings. The first-order valence-corrected chi connectivity index (χ1v) is 6.10.